The standard InChI is InChI=1S/C26H25N5OS/c1-30-15-12-19(17-30)25-24(22-10-4-5-14-27-22)29-26(33)31(25)16-13-23(32)28-21-11-6-8-18-7-2-3-9-20(18)21/h2-12,14-15,17,24-25H,13,16H2,1H3,(H,28,32)(H,29,33)/t24-,25+/m1/s1. The maximum atomic E-state index is 12.9. The number of hydrogen-bond donors (Lipinski definition) is 2. The van der Waals surface area contributed by atoms with Gasteiger partial charge in [0.05, 0.1) is 17.8 Å². The van der Waals surface area contributed by atoms with Gasteiger partial charge in [0.15, 0.2) is 5.11 Å². The summed E-state index contributed by atoms with van der Waals surface area (Å²) in [6.45, 7) is 0.505. The lowest BCUT2D eigenvalue weighted by Gasteiger charge is -2.27. The maximum absolute atomic E-state index is 12.9. The van der Waals surface area contributed by atoms with E-state index in [2.05, 4.69) is 32.8 Å². The number of pyridine rings is 1. The van der Waals surface area contributed by atoms with Crippen molar-refractivity contribution in [2.24, 2.45) is 7.05 Å². The molecule has 0 saturated carbocycles. The Morgan fingerprint density at radius 3 is 2.70 bits per heavy atom. The van der Waals surface area contributed by atoms with E-state index in [9.17, 15) is 4.79 Å². The molecule has 1 aliphatic rings. The summed E-state index contributed by atoms with van der Waals surface area (Å²) in [5.41, 5.74) is 2.89. The van der Waals surface area contributed by atoms with E-state index in [0.717, 1.165) is 27.7 Å². The van der Waals surface area contributed by atoms with Crippen LogP contribution in [0.1, 0.15) is 29.8 Å². The van der Waals surface area contributed by atoms with E-state index in [-0.39, 0.29) is 18.0 Å². The van der Waals surface area contributed by atoms with Gasteiger partial charge in [-0.25, -0.2) is 0 Å². The molecular weight excluding hydrogens is 430 g/mol. The summed E-state index contributed by atoms with van der Waals surface area (Å²) >= 11 is 5.69. The zero-order valence-electron chi connectivity index (χ0n) is 18.3. The van der Waals surface area contributed by atoms with Crippen molar-refractivity contribution in [3.05, 3.63) is 96.6 Å². The van der Waals surface area contributed by atoms with Crippen LogP contribution in [0.5, 0.6) is 0 Å². The van der Waals surface area contributed by atoms with Gasteiger partial charge in [-0.15, -0.1) is 0 Å². The fraction of sp³-hybridized carbons (Fsp3) is 0.192. The number of aromatic nitrogens is 2. The molecule has 6 nitrogen and oxygen atoms in total. The summed E-state index contributed by atoms with van der Waals surface area (Å²) in [4.78, 5) is 19.6. The summed E-state index contributed by atoms with van der Waals surface area (Å²) in [6, 6.07) is 21.8. The topological polar surface area (TPSA) is 62.2 Å². The van der Waals surface area contributed by atoms with Crippen LogP contribution in [0.4, 0.5) is 5.69 Å². The molecule has 0 bridgehead atoms. The SMILES string of the molecule is Cn1ccc([C@H]2[C@@H](c3ccccn3)NC(=S)N2CCC(=O)Nc2cccc3ccccc23)c1. The Balaban J connectivity index is 1.35. The predicted octanol–water partition coefficient (Wildman–Crippen LogP) is 4.57. The summed E-state index contributed by atoms with van der Waals surface area (Å²) in [7, 11) is 2.00. The highest BCUT2D eigenvalue weighted by atomic mass is 32.1. The Hall–Kier alpha value is -3.71. The van der Waals surface area contributed by atoms with Crippen LogP contribution in [0.25, 0.3) is 10.8 Å². The lowest BCUT2D eigenvalue weighted by molar-refractivity contribution is -0.116. The van der Waals surface area contributed by atoms with Crippen LogP contribution in [0.15, 0.2) is 85.3 Å². The van der Waals surface area contributed by atoms with Crippen molar-refractivity contribution in [2.45, 2.75) is 18.5 Å². The number of nitrogens with zero attached hydrogens (tertiary/aromatic N) is 3. The van der Waals surface area contributed by atoms with Crippen molar-refractivity contribution in [2.75, 3.05) is 11.9 Å². The molecule has 1 aliphatic heterocycles. The van der Waals surface area contributed by atoms with Crippen LogP contribution >= 0.6 is 12.2 Å². The molecule has 33 heavy (non-hydrogen) atoms. The van der Waals surface area contributed by atoms with Crippen LogP contribution in [0.2, 0.25) is 0 Å². The van der Waals surface area contributed by atoms with E-state index in [1.54, 1.807) is 6.20 Å². The molecule has 0 radical (unpaired) electrons. The zero-order chi connectivity index (χ0) is 22.8. The van der Waals surface area contributed by atoms with Gasteiger partial charge in [-0.05, 0) is 47.4 Å². The highest BCUT2D eigenvalue weighted by Crippen LogP contribution is 2.38. The molecule has 0 aliphatic carbocycles. The molecule has 3 heterocycles. The summed E-state index contributed by atoms with van der Waals surface area (Å²) < 4.78 is 2.03. The van der Waals surface area contributed by atoms with Gasteiger partial charge >= 0.3 is 0 Å². The molecule has 1 saturated heterocycles. The maximum Gasteiger partial charge on any atom is 0.226 e. The number of benzene rings is 2. The molecule has 0 unspecified atom stereocenters. The number of rotatable bonds is 6. The first-order valence-corrected chi connectivity index (χ1v) is 11.4. The van der Waals surface area contributed by atoms with Crippen molar-refractivity contribution >= 4 is 39.7 Å². The molecular formula is C26H25N5OS. The Morgan fingerprint density at radius 2 is 1.91 bits per heavy atom. The largest absolute Gasteiger partial charge is 0.357 e. The molecule has 2 N–H and O–H groups in total. The minimum Gasteiger partial charge on any atom is -0.357 e. The molecule has 4 aromatic rings. The number of nitrogens with one attached hydrogen (secondary N) is 2. The first kappa shape index (κ1) is 21.2. The fourth-order valence-electron chi connectivity index (χ4n) is 4.48. The third kappa shape index (κ3) is 4.32. The Bertz CT molecular complexity index is 1300. The molecule has 1 amide bonds. The number of amides is 1. The lowest BCUT2D eigenvalue weighted by atomic mass is 9.99. The lowest BCUT2D eigenvalue weighted by Crippen LogP contribution is -2.32. The number of fused-ring (bicyclic) bond motifs is 1. The normalized spacial score (nSPS) is 17.8. The first-order valence-electron chi connectivity index (χ1n) is 11.0. The average molecular weight is 456 g/mol. The van der Waals surface area contributed by atoms with E-state index in [4.69, 9.17) is 12.2 Å². The molecule has 0 spiro atoms. The highest BCUT2D eigenvalue weighted by molar-refractivity contribution is 7.80. The summed E-state index contributed by atoms with van der Waals surface area (Å²) in [5.74, 6) is -0.0396. The Labute approximate surface area is 198 Å². The van der Waals surface area contributed by atoms with Gasteiger partial charge in [0.2, 0.25) is 5.91 Å². The van der Waals surface area contributed by atoms with Gasteiger partial charge in [0, 0.05) is 49.7 Å². The molecule has 2 aromatic heterocycles. The summed E-state index contributed by atoms with van der Waals surface area (Å²) in [6.07, 6.45) is 6.24. The zero-order valence-corrected chi connectivity index (χ0v) is 19.1. The van der Waals surface area contributed by atoms with Gasteiger partial charge in [0.25, 0.3) is 0 Å². The Morgan fingerprint density at radius 1 is 1.09 bits per heavy atom. The molecule has 5 rings (SSSR count). The van der Waals surface area contributed by atoms with Crippen molar-refractivity contribution in [3.8, 4) is 0 Å². The van der Waals surface area contributed by atoms with Crippen LogP contribution in [0, 0.1) is 0 Å². The molecule has 2 atom stereocenters. The van der Waals surface area contributed by atoms with Crippen molar-refractivity contribution in [1.29, 1.82) is 0 Å². The van der Waals surface area contributed by atoms with Gasteiger partial charge in [0.1, 0.15) is 0 Å². The number of thiocarbonyl (C=S) groups is 1. The number of carbonyl (C=O) groups excluding carboxylic acids is 1. The van der Waals surface area contributed by atoms with Crippen LogP contribution in [0.3, 0.4) is 0 Å². The second-order valence-corrected chi connectivity index (χ2v) is 8.64. The van der Waals surface area contributed by atoms with Gasteiger partial charge in [-0.3, -0.25) is 9.78 Å². The first-order chi connectivity index (χ1) is 16.1. The molecule has 7 heteroatoms. The van der Waals surface area contributed by atoms with E-state index in [0.29, 0.717) is 18.1 Å². The summed E-state index contributed by atoms with van der Waals surface area (Å²) in [5, 5.41) is 9.28. The minimum absolute atomic E-state index is 0.0396. The van der Waals surface area contributed by atoms with E-state index in [1.165, 1.54) is 0 Å². The quantitative estimate of drug-likeness (QED) is 0.417. The fourth-order valence-corrected chi connectivity index (χ4v) is 4.81. The van der Waals surface area contributed by atoms with E-state index >= 15 is 0 Å². The smallest absolute Gasteiger partial charge is 0.226 e. The number of carbonyl (C=O) groups is 1. The number of hydrogen-bond acceptors (Lipinski definition) is 3. The monoisotopic (exact) mass is 455 g/mol. The van der Waals surface area contributed by atoms with Crippen molar-refractivity contribution < 1.29 is 4.79 Å². The van der Waals surface area contributed by atoms with E-state index < -0.39 is 0 Å². The second kappa shape index (κ2) is 9.03. The Kier molecular flexibility index (Phi) is 5.79. The van der Waals surface area contributed by atoms with Crippen molar-refractivity contribution in [3.63, 3.8) is 0 Å². The number of aryl methyl sites for hydroxylation is 1. The van der Waals surface area contributed by atoms with Gasteiger partial charge in [-0.1, -0.05) is 42.5 Å². The molecule has 166 valence electrons. The third-order valence-electron chi connectivity index (χ3n) is 6.04. The van der Waals surface area contributed by atoms with Crippen LogP contribution in [-0.4, -0.2) is 32.0 Å². The van der Waals surface area contributed by atoms with Gasteiger partial charge in [-0.2, -0.15) is 0 Å². The number of anilines is 1. The molecule has 1 fully saturated rings. The van der Waals surface area contributed by atoms with Crippen molar-refractivity contribution in [1.82, 2.24) is 19.8 Å². The predicted molar refractivity (Wildman–Crippen MR) is 135 cm³/mol. The highest BCUT2D eigenvalue weighted by Gasteiger charge is 2.40. The third-order valence-corrected chi connectivity index (χ3v) is 6.39. The molecule has 2 aromatic carbocycles. The van der Waals surface area contributed by atoms with Gasteiger partial charge < -0.3 is 20.1 Å². The van der Waals surface area contributed by atoms with Crippen LogP contribution < -0.4 is 10.6 Å². The second-order valence-electron chi connectivity index (χ2n) is 8.26. The minimum atomic E-state index is -0.0813. The van der Waals surface area contributed by atoms with E-state index in [1.807, 2.05) is 78.5 Å². The average Bonchev–Trinajstić information content (AvgIpc) is 3.41. The van der Waals surface area contributed by atoms with Crippen LogP contribution in [-0.2, 0) is 11.8 Å².